The molecule has 2 heterocycles. The maximum absolute atomic E-state index is 14.8. The molecule has 0 spiro atoms. The SMILES string of the molecule is O=C(NC12CC3CC(C1)C(C3)C2)c1cn(-c2ccc(F)cc2F)c2nc(NCC(F)F)ccc2c1=O. The van der Waals surface area contributed by atoms with Crippen LogP contribution < -0.4 is 16.1 Å². The van der Waals surface area contributed by atoms with Crippen molar-refractivity contribution in [2.45, 2.75) is 44.1 Å². The fourth-order valence-corrected chi connectivity index (χ4v) is 6.78. The van der Waals surface area contributed by atoms with Crippen molar-refractivity contribution >= 4 is 22.8 Å². The molecule has 0 aliphatic heterocycles. The van der Waals surface area contributed by atoms with E-state index in [1.165, 1.54) is 41.8 Å². The summed E-state index contributed by atoms with van der Waals surface area (Å²) in [6, 6.07) is 5.63. The Balaban J connectivity index is 1.44. The zero-order valence-electron chi connectivity index (χ0n) is 19.2. The number of halogens is 4. The molecule has 2 N–H and O–H groups in total. The second kappa shape index (κ2) is 8.31. The maximum Gasteiger partial charge on any atom is 0.257 e. The number of anilines is 1. The molecule has 0 radical (unpaired) electrons. The Morgan fingerprint density at radius 3 is 2.53 bits per heavy atom. The van der Waals surface area contributed by atoms with Crippen LogP contribution in [0.2, 0.25) is 0 Å². The fraction of sp³-hybridized carbons (Fsp3) is 0.423. The topological polar surface area (TPSA) is 76.0 Å². The highest BCUT2D eigenvalue weighted by Crippen LogP contribution is 2.59. The molecule has 188 valence electrons. The summed E-state index contributed by atoms with van der Waals surface area (Å²) in [7, 11) is 0. The van der Waals surface area contributed by atoms with Crippen molar-refractivity contribution in [3.8, 4) is 5.69 Å². The number of fused-ring (bicyclic) bond motifs is 1. The lowest BCUT2D eigenvalue weighted by atomic mass is 9.75. The molecule has 4 saturated carbocycles. The molecule has 7 rings (SSSR count). The van der Waals surface area contributed by atoms with Gasteiger partial charge in [-0.1, -0.05) is 0 Å². The molecule has 4 bridgehead atoms. The van der Waals surface area contributed by atoms with E-state index in [1.54, 1.807) is 0 Å². The van der Waals surface area contributed by atoms with Crippen molar-refractivity contribution in [2.24, 2.45) is 17.8 Å². The highest BCUT2D eigenvalue weighted by atomic mass is 19.3. The standard InChI is InChI=1S/C26H24F4N4O2/c27-16-1-3-20(19(28)7-16)34-12-18(23(35)17-2-4-22(32-24(17)34)31-11-21(29)30)25(36)33-26-8-13-5-14(9-26)15(6-13)10-26/h1-4,7,12-15,21H,5-6,8-11H2,(H,31,32)(H,33,36). The molecule has 2 aromatic heterocycles. The third-order valence-electron chi connectivity index (χ3n) is 8.00. The third-order valence-corrected chi connectivity index (χ3v) is 8.00. The van der Waals surface area contributed by atoms with Gasteiger partial charge < -0.3 is 10.6 Å². The number of pyridine rings is 2. The van der Waals surface area contributed by atoms with Gasteiger partial charge in [-0.3, -0.25) is 14.2 Å². The summed E-state index contributed by atoms with van der Waals surface area (Å²) >= 11 is 0. The summed E-state index contributed by atoms with van der Waals surface area (Å²) in [5, 5.41) is 5.61. The van der Waals surface area contributed by atoms with Crippen LogP contribution in [0, 0.1) is 29.4 Å². The molecular weight excluding hydrogens is 476 g/mol. The first kappa shape index (κ1) is 23.0. The molecular formula is C26H24F4N4O2. The van der Waals surface area contributed by atoms with E-state index in [0.29, 0.717) is 23.8 Å². The molecule has 4 aliphatic carbocycles. The van der Waals surface area contributed by atoms with Gasteiger partial charge in [-0.25, -0.2) is 22.5 Å². The minimum absolute atomic E-state index is 0.0160. The Morgan fingerprint density at radius 2 is 1.86 bits per heavy atom. The van der Waals surface area contributed by atoms with E-state index in [9.17, 15) is 27.2 Å². The summed E-state index contributed by atoms with van der Waals surface area (Å²) in [5.74, 6) is -0.412. The minimum atomic E-state index is -2.63. The van der Waals surface area contributed by atoms with E-state index in [-0.39, 0.29) is 33.6 Å². The number of benzene rings is 1. The van der Waals surface area contributed by atoms with Crippen LogP contribution in [-0.4, -0.2) is 34.0 Å². The summed E-state index contributed by atoms with van der Waals surface area (Å²) in [6.45, 7) is -0.667. The van der Waals surface area contributed by atoms with Gasteiger partial charge in [0.05, 0.1) is 17.6 Å². The van der Waals surface area contributed by atoms with Gasteiger partial charge in [-0.05, 0) is 74.1 Å². The second-order valence-electron chi connectivity index (χ2n) is 10.4. The molecule has 6 nitrogen and oxygen atoms in total. The van der Waals surface area contributed by atoms with Gasteiger partial charge in [-0.15, -0.1) is 0 Å². The monoisotopic (exact) mass is 500 g/mol. The fourth-order valence-electron chi connectivity index (χ4n) is 6.78. The van der Waals surface area contributed by atoms with Gasteiger partial charge in [0.2, 0.25) is 5.43 Å². The van der Waals surface area contributed by atoms with Crippen LogP contribution in [0.1, 0.15) is 42.5 Å². The molecule has 2 atom stereocenters. The van der Waals surface area contributed by atoms with Crippen LogP contribution in [0.5, 0.6) is 0 Å². The molecule has 4 aliphatic rings. The summed E-state index contributed by atoms with van der Waals surface area (Å²) in [6.07, 6.45) is 3.65. The number of hydrogen-bond donors (Lipinski definition) is 2. The predicted octanol–water partition coefficient (Wildman–Crippen LogP) is 4.65. The van der Waals surface area contributed by atoms with E-state index in [2.05, 4.69) is 15.6 Å². The number of nitrogens with zero attached hydrogens (tertiary/aromatic N) is 2. The molecule has 0 saturated heterocycles. The molecule has 1 amide bonds. The second-order valence-corrected chi connectivity index (χ2v) is 10.4. The van der Waals surface area contributed by atoms with Crippen LogP contribution in [0.25, 0.3) is 16.7 Å². The number of rotatable bonds is 6. The van der Waals surface area contributed by atoms with Crippen LogP contribution in [0.15, 0.2) is 41.3 Å². The average molecular weight is 500 g/mol. The lowest BCUT2D eigenvalue weighted by molar-refractivity contribution is 0.0844. The largest absolute Gasteiger partial charge is 0.364 e. The first-order chi connectivity index (χ1) is 17.2. The van der Waals surface area contributed by atoms with E-state index in [1.807, 2.05) is 0 Å². The average Bonchev–Trinajstić information content (AvgIpc) is 3.24. The zero-order valence-corrected chi connectivity index (χ0v) is 19.2. The van der Waals surface area contributed by atoms with Gasteiger partial charge in [0.25, 0.3) is 12.3 Å². The third kappa shape index (κ3) is 3.83. The Labute approximate surface area is 203 Å². The zero-order chi connectivity index (χ0) is 25.2. The smallest absolute Gasteiger partial charge is 0.257 e. The van der Waals surface area contributed by atoms with Crippen LogP contribution in [0.4, 0.5) is 23.4 Å². The van der Waals surface area contributed by atoms with Crippen molar-refractivity contribution in [2.75, 3.05) is 11.9 Å². The van der Waals surface area contributed by atoms with Crippen LogP contribution in [-0.2, 0) is 0 Å². The molecule has 10 heteroatoms. The maximum atomic E-state index is 14.8. The molecule has 36 heavy (non-hydrogen) atoms. The number of nitrogens with one attached hydrogen (secondary N) is 2. The van der Waals surface area contributed by atoms with E-state index < -0.39 is 35.9 Å². The van der Waals surface area contributed by atoms with E-state index in [0.717, 1.165) is 25.3 Å². The van der Waals surface area contributed by atoms with Crippen molar-refractivity contribution in [1.29, 1.82) is 0 Å². The number of amides is 1. The highest BCUT2D eigenvalue weighted by molar-refractivity contribution is 5.97. The first-order valence-electron chi connectivity index (χ1n) is 12.1. The number of alkyl halides is 2. The molecule has 3 aromatic rings. The quantitative estimate of drug-likeness (QED) is 0.484. The summed E-state index contributed by atoms with van der Waals surface area (Å²) in [4.78, 5) is 31.1. The van der Waals surface area contributed by atoms with Gasteiger partial charge in [0, 0.05) is 17.8 Å². The summed E-state index contributed by atoms with van der Waals surface area (Å²) < 4.78 is 55.0. The van der Waals surface area contributed by atoms with Crippen molar-refractivity contribution < 1.29 is 22.4 Å². The van der Waals surface area contributed by atoms with Crippen LogP contribution >= 0.6 is 0 Å². The summed E-state index contributed by atoms with van der Waals surface area (Å²) in [5.41, 5.74) is -1.28. The lowest BCUT2D eigenvalue weighted by Crippen LogP contribution is -2.51. The lowest BCUT2D eigenvalue weighted by Gasteiger charge is -2.39. The number of carbonyl (C=O) groups is 1. The van der Waals surface area contributed by atoms with Crippen molar-refractivity contribution in [3.05, 3.63) is 63.9 Å². The number of aromatic nitrogens is 2. The molecule has 2 unspecified atom stereocenters. The normalized spacial score (nSPS) is 26.2. The van der Waals surface area contributed by atoms with E-state index in [4.69, 9.17) is 0 Å². The Morgan fingerprint density at radius 1 is 1.11 bits per heavy atom. The minimum Gasteiger partial charge on any atom is -0.364 e. The first-order valence-corrected chi connectivity index (χ1v) is 12.1. The van der Waals surface area contributed by atoms with Crippen molar-refractivity contribution in [1.82, 2.24) is 14.9 Å². The Kier molecular flexibility index (Phi) is 5.31. The van der Waals surface area contributed by atoms with E-state index >= 15 is 0 Å². The predicted molar refractivity (Wildman–Crippen MR) is 126 cm³/mol. The van der Waals surface area contributed by atoms with Gasteiger partial charge >= 0.3 is 0 Å². The number of hydrogen-bond acceptors (Lipinski definition) is 4. The van der Waals surface area contributed by atoms with Gasteiger partial charge in [0.15, 0.2) is 5.65 Å². The van der Waals surface area contributed by atoms with Gasteiger partial charge in [-0.2, -0.15) is 0 Å². The Bertz CT molecular complexity index is 1420. The van der Waals surface area contributed by atoms with Crippen molar-refractivity contribution in [3.63, 3.8) is 0 Å². The molecule has 4 fully saturated rings. The molecule has 1 aromatic carbocycles. The van der Waals surface area contributed by atoms with Crippen LogP contribution in [0.3, 0.4) is 0 Å². The number of carbonyl (C=O) groups excluding carboxylic acids is 1. The highest BCUT2D eigenvalue weighted by Gasteiger charge is 2.56. The Hall–Kier alpha value is -3.43. The van der Waals surface area contributed by atoms with Gasteiger partial charge in [0.1, 0.15) is 23.0 Å².